The van der Waals surface area contributed by atoms with Crippen LogP contribution >= 0.6 is 23.4 Å². The molecule has 6 heteroatoms. The number of methoxy groups -OCH3 is 1. The molecule has 1 amide bonds. The Morgan fingerprint density at radius 1 is 1.07 bits per heavy atom. The number of carbonyl (C=O) groups is 1. The molecule has 4 nitrogen and oxygen atoms in total. The molecule has 0 aliphatic carbocycles. The minimum absolute atomic E-state index is 0.120. The summed E-state index contributed by atoms with van der Waals surface area (Å²) in [5, 5.41) is 0.759. The summed E-state index contributed by atoms with van der Waals surface area (Å²) in [4.78, 5) is 15.7. The highest BCUT2D eigenvalue weighted by molar-refractivity contribution is 8.00. The molecule has 30 heavy (non-hydrogen) atoms. The lowest BCUT2D eigenvalue weighted by Gasteiger charge is -2.22. The van der Waals surface area contributed by atoms with Crippen LogP contribution in [0, 0.1) is 0 Å². The van der Waals surface area contributed by atoms with Crippen LogP contribution in [-0.4, -0.2) is 18.9 Å². The molecule has 0 saturated carbocycles. The van der Waals surface area contributed by atoms with Gasteiger partial charge < -0.3 is 9.15 Å². The smallest absolute Gasteiger partial charge is 0.246 e. The number of halogens is 1. The molecule has 1 aliphatic rings. The number of hydrogen-bond acceptors (Lipinski definition) is 4. The summed E-state index contributed by atoms with van der Waals surface area (Å²) in [5.74, 6) is 1.22. The van der Waals surface area contributed by atoms with E-state index in [2.05, 4.69) is 0 Å². The number of ether oxygens (including phenoxy) is 1. The van der Waals surface area contributed by atoms with Crippen molar-refractivity contribution in [3.05, 3.63) is 84.1 Å². The fourth-order valence-electron chi connectivity index (χ4n) is 3.82. The molecule has 1 aliphatic heterocycles. The van der Waals surface area contributed by atoms with Gasteiger partial charge in [0.05, 0.1) is 23.7 Å². The van der Waals surface area contributed by atoms with E-state index in [9.17, 15) is 4.79 Å². The van der Waals surface area contributed by atoms with Crippen molar-refractivity contribution in [1.82, 2.24) is 0 Å². The lowest BCUT2D eigenvalue weighted by atomic mass is 10.1. The van der Waals surface area contributed by atoms with Crippen LogP contribution < -0.4 is 9.64 Å². The van der Waals surface area contributed by atoms with Gasteiger partial charge in [0, 0.05) is 10.3 Å². The first-order valence-corrected chi connectivity index (χ1v) is 10.9. The summed E-state index contributed by atoms with van der Waals surface area (Å²) in [5.41, 5.74) is 3.39. The number of rotatable bonds is 3. The van der Waals surface area contributed by atoms with Crippen molar-refractivity contribution < 1.29 is 13.9 Å². The molecule has 150 valence electrons. The van der Waals surface area contributed by atoms with Gasteiger partial charge in [-0.3, -0.25) is 9.69 Å². The minimum atomic E-state index is -0.187. The minimum Gasteiger partial charge on any atom is -0.497 e. The van der Waals surface area contributed by atoms with Gasteiger partial charge >= 0.3 is 0 Å². The summed E-state index contributed by atoms with van der Waals surface area (Å²) < 4.78 is 11.7. The molecule has 0 bridgehead atoms. The highest BCUT2D eigenvalue weighted by Crippen LogP contribution is 2.54. The summed E-state index contributed by atoms with van der Waals surface area (Å²) in [6, 6.07) is 23.6. The molecule has 0 radical (unpaired) electrons. The lowest BCUT2D eigenvalue weighted by Crippen LogP contribution is -2.27. The third-order valence-corrected chi connectivity index (χ3v) is 6.74. The molecule has 0 spiro atoms. The van der Waals surface area contributed by atoms with Crippen LogP contribution in [0.15, 0.2) is 82.1 Å². The van der Waals surface area contributed by atoms with Crippen molar-refractivity contribution in [1.29, 1.82) is 0 Å². The summed E-state index contributed by atoms with van der Waals surface area (Å²) >= 11 is 7.70. The maximum absolute atomic E-state index is 13.0. The SMILES string of the molecule is COc1ccc(C2Sc3ccccc3N(C(=O)CCl)c3c2oc2ccccc32)cc1. The number of alkyl halides is 1. The van der Waals surface area contributed by atoms with E-state index in [1.165, 1.54) is 0 Å². The Morgan fingerprint density at radius 3 is 2.57 bits per heavy atom. The Hall–Kier alpha value is -2.89. The molecule has 0 saturated heterocycles. The van der Waals surface area contributed by atoms with Gasteiger partial charge in [0.2, 0.25) is 5.91 Å². The van der Waals surface area contributed by atoms with Gasteiger partial charge in [-0.05, 0) is 42.0 Å². The van der Waals surface area contributed by atoms with E-state index in [-0.39, 0.29) is 17.0 Å². The maximum atomic E-state index is 13.0. The fourth-order valence-corrected chi connectivity index (χ4v) is 5.19. The maximum Gasteiger partial charge on any atom is 0.246 e. The van der Waals surface area contributed by atoms with Gasteiger partial charge in [0.25, 0.3) is 0 Å². The molecular formula is C24H18ClNO3S. The fraction of sp³-hybridized carbons (Fsp3) is 0.125. The Kier molecular flexibility index (Phi) is 4.93. The summed E-state index contributed by atoms with van der Waals surface area (Å²) in [6.07, 6.45) is 0. The van der Waals surface area contributed by atoms with E-state index >= 15 is 0 Å². The largest absolute Gasteiger partial charge is 0.497 e. The van der Waals surface area contributed by atoms with Gasteiger partial charge in [-0.25, -0.2) is 0 Å². The number of furan rings is 1. The first-order chi connectivity index (χ1) is 14.7. The molecule has 5 rings (SSSR count). The van der Waals surface area contributed by atoms with Gasteiger partial charge in [0.1, 0.15) is 23.0 Å². The zero-order valence-corrected chi connectivity index (χ0v) is 17.7. The van der Waals surface area contributed by atoms with Crippen LogP contribution in [0.5, 0.6) is 5.75 Å². The van der Waals surface area contributed by atoms with E-state index in [1.807, 2.05) is 72.8 Å². The molecule has 4 aromatic rings. The first kappa shape index (κ1) is 19.1. The third kappa shape index (κ3) is 3.06. The van der Waals surface area contributed by atoms with Crippen molar-refractivity contribution in [2.75, 3.05) is 17.9 Å². The molecule has 0 N–H and O–H groups in total. The number of fused-ring (bicyclic) bond motifs is 4. The zero-order valence-electron chi connectivity index (χ0n) is 16.2. The number of benzene rings is 3. The quantitative estimate of drug-likeness (QED) is 0.342. The predicted molar refractivity (Wildman–Crippen MR) is 121 cm³/mol. The monoisotopic (exact) mass is 435 g/mol. The molecule has 1 aromatic heterocycles. The van der Waals surface area contributed by atoms with Crippen LogP contribution in [0.25, 0.3) is 11.0 Å². The van der Waals surface area contributed by atoms with Crippen molar-refractivity contribution in [2.24, 2.45) is 0 Å². The van der Waals surface area contributed by atoms with E-state index in [0.717, 1.165) is 44.3 Å². The Labute approximate surface area is 183 Å². The van der Waals surface area contributed by atoms with Gasteiger partial charge in [-0.2, -0.15) is 0 Å². The van der Waals surface area contributed by atoms with E-state index in [1.54, 1.807) is 23.8 Å². The zero-order chi connectivity index (χ0) is 20.7. The molecular weight excluding hydrogens is 418 g/mol. The average Bonchev–Trinajstić information content (AvgIpc) is 3.10. The van der Waals surface area contributed by atoms with Crippen LogP contribution in [-0.2, 0) is 4.79 Å². The number of carbonyl (C=O) groups excluding carboxylic acids is 1. The van der Waals surface area contributed by atoms with Gasteiger partial charge in [-0.15, -0.1) is 23.4 Å². The van der Waals surface area contributed by atoms with Crippen molar-refractivity contribution in [2.45, 2.75) is 10.1 Å². The van der Waals surface area contributed by atoms with E-state index in [0.29, 0.717) is 0 Å². The Morgan fingerprint density at radius 2 is 1.80 bits per heavy atom. The number of thioether (sulfide) groups is 1. The second-order valence-corrected chi connectivity index (χ2v) is 8.33. The number of para-hydroxylation sites is 2. The lowest BCUT2D eigenvalue weighted by molar-refractivity contribution is -0.115. The number of anilines is 2. The Balaban J connectivity index is 1.81. The van der Waals surface area contributed by atoms with Crippen molar-refractivity contribution in [3.63, 3.8) is 0 Å². The van der Waals surface area contributed by atoms with Crippen LogP contribution in [0.4, 0.5) is 11.4 Å². The number of hydrogen-bond donors (Lipinski definition) is 0. The third-order valence-electron chi connectivity index (χ3n) is 5.19. The second-order valence-electron chi connectivity index (χ2n) is 6.91. The summed E-state index contributed by atoms with van der Waals surface area (Å²) in [7, 11) is 1.65. The number of amides is 1. The van der Waals surface area contributed by atoms with Gasteiger partial charge in [0.15, 0.2) is 0 Å². The van der Waals surface area contributed by atoms with Crippen molar-refractivity contribution in [3.8, 4) is 5.75 Å². The highest BCUT2D eigenvalue weighted by Gasteiger charge is 2.36. The van der Waals surface area contributed by atoms with E-state index < -0.39 is 0 Å². The van der Waals surface area contributed by atoms with Crippen molar-refractivity contribution >= 4 is 51.6 Å². The topological polar surface area (TPSA) is 42.7 Å². The molecule has 1 atom stereocenters. The normalized spacial score (nSPS) is 15.4. The molecule has 0 fully saturated rings. The van der Waals surface area contributed by atoms with Crippen LogP contribution in [0.1, 0.15) is 16.6 Å². The van der Waals surface area contributed by atoms with Crippen LogP contribution in [0.3, 0.4) is 0 Å². The summed E-state index contributed by atoms with van der Waals surface area (Å²) in [6.45, 7) is 0. The second kappa shape index (κ2) is 7.74. The molecule has 3 aromatic carbocycles. The molecule has 1 unspecified atom stereocenters. The highest BCUT2D eigenvalue weighted by atomic mass is 35.5. The predicted octanol–water partition coefficient (Wildman–Crippen LogP) is 6.54. The first-order valence-electron chi connectivity index (χ1n) is 9.51. The number of nitrogens with zero attached hydrogens (tertiary/aromatic N) is 1. The average molecular weight is 436 g/mol. The van der Waals surface area contributed by atoms with E-state index in [4.69, 9.17) is 20.8 Å². The molecule has 2 heterocycles. The standard InChI is InChI=1S/C24H18ClNO3S/c1-28-16-12-10-15(11-13-16)24-23-22(17-6-2-4-8-19(17)29-23)26(21(27)14-25)18-7-3-5-9-20(18)30-24/h2-13,24H,14H2,1H3. The van der Waals surface area contributed by atoms with Crippen LogP contribution in [0.2, 0.25) is 0 Å². The van der Waals surface area contributed by atoms with Gasteiger partial charge in [-0.1, -0.05) is 36.4 Å². The Bertz CT molecular complexity index is 1230.